The molecule has 134 valence electrons. The predicted octanol–water partition coefficient (Wildman–Crippen LogP) is 3.30. The maximum absolute atomic E-state index is 12.1. The monoisotopic (exact) mass is 350 g/mol. The Balaban J connectivity index is 1.53. The van der Waals surface area contributed by atoms with Crippen molar-refractivity contribution in [3.63, 3.8) is 0 Å². The van der Waals surface area contributed by atoms with Gasteiger partial charge in [-0.25, -0.2) is 0 Å². The third-order valence-corrected chi connectivity index (χ3v) is 4.83. The summed E-state index contributed by atoms with van der Waals surface area (Å²) in [4.78, 5) is 17.3. The second kappa shape index (κ2) is 6.44. The van der Waals surface area contributed by atoms with E-state index in [1.165, 1.54) is 0 Å². The number of phenolic OH excluding ortho intramolecular Hbond substituents is 1. The minimum absolute atomic E-state index is 0.190. The maximum Gasteiger partial charge on any atom is 0.222 e. The molecule has 1 aliphatic rings. The van der Waals surface area contributed by atoms with E-state index in [0.717, 1.165) is 29.8 Å². The molecular weight excluding hydrogens is 328 g/mol. The fourth-order valence-corrected chi connectivity index (χ4v) is 3.35. The Morgan fingerprint density at radius 1 is 1.27 bits per heavy atom. The Bertz CT molecular complexity index is 957. The number of para-hydroxylation sites is 1. The normalized spacial score (nSPS) is 14.8. The molecule has 0 unspecified atom stereocenters. The van der Waals surface area contributed by atoms with Crippen LogP contribution in [0.1, 0.15) is 31.9 Å². The number of benzene rings is 1. The Morgan fingerprint density at radius 2 is 2.04 bits per heavy atom. The fraction of sp³-hybridized carbons (Fsp3) is 0.350. The number of hydrogen-bond acceptors (Lipinski definition) is 4. The SMILES string of the molecule is CC(C)CC(=O)N1CC(c2cc3cc(-c4ccccc4O)nnc3[nH]2)C1. The number of aromatic nitrogens is 3. The van der Waals surface area contributed by atoms with E-state index in [0.29, 0.717) is 29.5 Å². The van der Waals surface area contributed by atoms with Crippen molar-refractivity contribution in [1.29, 1.82) is 0 Å². The molecule has 0 atom stereocenters. The van der Waals surface area contributed by atoms with Crippen LogP contribution in [-0.4, -0.2) is 44.2 Å². The lowest BCUT2D eigenvalue weighted by Gasteiger charge is -2.39. The largest absolute Gasteiger partial charge is 0.507 e. The van der Waals surface area contributed by atoms with Crippen LogP contribution >= 0.6 is 0 Å². The molecule has 6 nitrogen and oxygen atoms in total. The first kappa shape index (κ1) is 16.6. The van der Waals surface area contributed by atoms with Crippen LogP contribution in [0.25, 0.3) is 22.3 Å². The average molecular weight is 350 g/mol. The molecule has 3 aromatic rings. The van der Waals surface area contributed by atoms with Crippen molar-refractivity contribution >= 4 is 16.9 Å². The molecule has 0 bridgehead atoms. The third kappa shape index (κ3) is 3.03. The fourth-order valence-electron chi connectivity index (χ4n) is 3.35. The standard InChI is InChI=1S/C20H22N4O2/c1-12(2)7-19(26)24-10-14(11-24)16-8-13-9-17(22-23-20(13)21-16)15-5-3-4-6-18(15)25/h3-6,8-9,12,14,25H,7,10-11H2,1-2H3,(H,21,23). The lowest BCUT2D eigenvalue weighted by molar-refractivity contribution is -0.136. The maximum atomic E-state index is 12.1. The van der Waals surface area contributed by atoms with Crippen molar-refractivity contribution < 1.29 is 9.90 Å². The molecule has 1 saturated heterocycles. The highest BCUT2D eigenvalue weighted by Crippen LogP contribution is 2.32. The molecular formula is C20H22N4O2. The quantitative estimate of drug-likeness (QED) is 0.756. The zero-order valence-corrected chi connectivity index (χ0v) is 14.9. The van der Waals surface area contributed by atoms with E-state index in [9.17, 15) is 9.90 Å². The number of nitrogens with zero attached hydrogens (tertiary/aromatic N) is 3. The Labute approximate surface area is 151 Å². The summed E-state index contributed by atoms with van der Waals surface area (Å²) >= 11 is 0. The van der Waals surface area contributed by atoms with Gasteiger partial charge in [0, 0.05) is 42.1 Å². The number of phenols is 1. The number of amides is 1. The number of fused-ring (bicyclic) bond motifs is 1. The minimum Gasteiger partial charge on any atom is -0.507 e. The number of hydrogen-bond donors (Lipinski definition) is 2. The summed E-state index contributed by atoms with van der Waals surface area (Å²) in [5.74, 6) is 1.12. The number of carbonyl (C=O) groups excluding carboxylic acids is 1. The molecule has 6 heteroatoms. The number of aromatic amines is 1. The summed E-state index contributed by atoms with van der Waals surface area (Å²) < 4.78 is 0. The number of carbonyl (C=O) groups is 1. The van der Waals surface area contributed by atoms with Crippen molar-refractivity contribution in [2.24, 2.45) is 5.92 Å². The van der Waals surface area contributed by atoms with Gasteiger partial charge < -0.3 is 15.0 Å². The lowest BCUT2D eigenvalue weighted by Crippen LogP contribution is -2.48. The molecule has 0 spiro atoms. The van der Waals surface area contributed by atoms with Gasteiger partial charge in [0.2, 0.25) is 5.91 Å². The summed E-state index contributed by atoms with van der Waals surface area (Å²) in [6.07, 6.45) is 0.606. The first-order valence-electron chi connectivity index (χ1n) is 8.93. The molecule has 3 heterocycles. The van der Waals surface area contributed by atoms with Crippen LogP contribution in [0.2, 0.25) is 0 Å². The average Bonchev–Trinajstić information content (AvgIpc) is 2.95. The second-order valence-electron chi connectivity index (χ2n) is 7.37. The summed E-state index contributed by atoms with van der Waals surface area (Å²) in [6.45, 7) is 5.62. The van der Waals surface area contributed by atoms with Gasteiger partial charge in [0.25, 0.3) is 0 Å². The van der Waals surface area contributed by atoms with Gasteiger partial charge in [0.1, 0.15) is 5.75 Å². The van der Waals surface area contributed by atoms with E-state index in [1.54, 1.807) is 12.1 Å². The van der Waals surface area contributed by atoms with Crippen LogP contribution in [0.4, 0.5) is 0 Å². The minimum atomic E-state index is 0.190. The molecule has 0 saturated carbocycles. The van der Waals surface area contributed by atoms with Crippen molar-refractivity contribution in [2.45, 2.75) is 26.2 Å². The molecule has 2 N–H and O–H groups in total. The van der Waals surface area contributed by atoms with Crippen LogP contribution in [0.3, 0.4) is 0 Å². The topological polar surface area (TPSA) is 82.1 Å². The van der Waals surface area contributed by atoms with E-state index >= 15 is 0 Å². The van der Waals surface area contributed by atoms with Crippen molar-refractivity contribution in [3.05, 3.63) is 42.1 Å². The predicted molar refractivity (Wildman–Crippen MR) is 99.8 cm³/mol. The van der Waals surface area contributed by atoms with Gasteiger partial charge >= 0.3 is 0 Å². The summed E-state index contributed by atoms with van der Waals surface area (Å²) in [7, 11) is 0. The molecule has 26 heavy (non-hydrogen) atoms. The summed E-state index contributed by atoms with van der Waals surface area (Å²) in [5.41, 5.74) is 3.12. The van der Waals surface area contributed by atoms with E-state index in [2.05, 4.69) is 35.1 Å². The van der Waals surface area contributed by atoms with Gasteiger partial charge in [-0.2, -0.15) is 0 Å². The Kier molecular flexibility index (Phi) is 4.11. The van der Waals surface area contributed by atoms with Crippen molar-refractivity contribution in [1.82, 2.24) is 20.1 Å². The summed E-state index contributed by atoms with van der Waals surface area (Å²) in [5, 5.41) is 19.4. The van der Waals surface area contributed by atoms with Crippen molar-refractivity contribution in [2.75, 3.05) is 13.1 Å². The van der Waals surface area contributed by atoms with Gasteiger partial charge in [0.15, 0.2) is 5.65 Å². The second-order valence-corrected chi connectivity index (χ2v) is 7.37. The number of aromatic hydroxyl groups is 1. The number of rotatable bonds is 4. The molecule has 0 radical (unpaired) electrons. The van der Waals surface area contributed by atoms with Crippen LogP contribution < -0.4 is 0 Å². The van der Waals surface area contributed by atoms with Crippen molar-refractivity contribution in [3.8, 4) is 17.0 Å². The molecule has 1 aliphatic heterocycles. The van der Waals surface area contributed by atoms with Gasteiger partial charge in [-0.05, 0) is 30.2 Å². The zero-order chi connectivity index (χ0) is 18.3. The van der Waals surface area contributed by atoms with E-state index in [1.807, 2.05) is 23.1 Å². The third-order valence-electron chi connectivity index (χ3n) is 4.83. The van der Waals surface area contributed by atoms with Gasteiger partial charge in [-0.1, -0.05) is 26.0 Å². The molecule has 4 rings (SSSR count). The van der Waals surface area contributed by atoms with E-state index in [-0.39, 0.29) is 11.7 Å². The highest BCUT2D eigenvalue weighted by Gasteiger charge is 2.32. The first-order chi connectivity index (χ1) is 12.5. The molecule has 1 aromatic carbocycles. The smallest absolute Gasteiger partial charge is 0.222 e. The molecule has 0 aliphatic carbocycles. The molecule has 2 aromatic heterocycles. The van der Waals surface area contributed by atoms with E-state index < -0.39 is 0 Å². The highest BCUT2D eigenvalue weighted by molar-refractivity contribution is 5.82. The zero-order valence-electron chi connectivity index (χ0n) is 14.9. The Hall–Kier alpha value is -2.89. The number of H-pyrrole nitrogens is 1. The van der Waals surface area contributed by atoms with Gasteiger partial charge in [-0.15, -0.1) is 10.2 Å². The van der Waals surface area contributed by atoms with E-state index in [4.69, 9.17) is 0 Å². The molecule has 1 amide bonds. The number of nitrogens with one attached hydrogen (secondary N) is 1. The highest BCUT2D eigenvalue weighted by atomic mass is 16.3. The van der Waals surface area contributed by atoms with Crippen LogP contribution in [0.5, 0.6) is 5.75 Å². The first-order valence-corrected chi connectivity index (χ1v) is 8.93. The van der Waals surface area contributed by atoms with Gasteiger partial charge in [-0.3, -0.25) is 4.79 Å². The molecule has 1 fully saturated rings. The number of likely N-dealkylation sites (tertiary alicyclic amines) is 1. The summed E-state index contributed by atoms with van der Waals surface area (Å²) in [6, 6.07) is 11.1. The van der Waals surface area contributed by atoms with Crippen LogP contribution in [-0.2, 0) is 4.79 Å². The van der Waals surface area contributed by atoms with Crippen LogP contribution in [0, 0.1) is 5.92 Å². The van der Waals surface area contributed by atoms with Gasteiger partial charge in [0.05, 0.1) is 5.69 Å². The van der Waals surface area contributed by atoms with Crippen LogP contribution in [0.15, 0.2) is 36.4 Å². The Morgan fingerprint density at radius 3 is 2.77 bits per heavy atom. The lowest BCUT2D eigenvalue weighted by atomic mass is 9.95.